The van der Waals surface area contributed by atoms with E-state index < -0.39 is 12.0 Å². The van der Waals surface area contributed by atoms with Crippen molar-refractivity contribution in [1.82, 2.24) is 4.57 Å². The highest BCUT2D eigenvalue weighted by Gasteiger charge is 2.34. The Morgan fingerprint density at radius 1 is 1.23 bits per heavy atom. The van der Waals surface area contributed by atoms with Crippen molar-refractivity contribution in [3.8, 4) is 17.2 Å². The zero-order valence-electron chi connectivity index (χ0n) is 22.7. The maximum Gasteiger partial charge on any atom is 0.338 e. The van der Waals surface area contributed by atoms with Crippen molar-refractivity contribution in [3.63, 3.8) is 0 Å². The van der Waals surface area contributed by atoms with E-state index in [0.29, 0.717) is 44.1 Å². The van der Waals surface area contributed by atoms with Crippen molar-refractivity contribution in [2.45, 2.75) is 46.3 Å². The van der Waals surface area contributed by atoms with Gasteiger partial charge < -0.3 is 19.3 Å². The summed E-state index contributed by atoms with van der Waals surface area (Å²) < 4.78 is 18.8. The lowest BCUT2D eigenvalue weighted by atomic mass is 9.95. The van der Waals surface area contributed by atoms with Crippen molar-refractivity contribution in [2.24, 2.45) is 4.99 Å². The number of hydrogen-bond acceptors (Lipinski definition) is 8. The number of phenolic OH excluding ortho intramolecular Hbond substituents is 1. The molecule has 2 heterocycles. The molecular weight excluding hydrogens is 516 g/mol. The van der Waals surface area contributed by atoms with Crippen LogP contribution in [0, 0.1) is 0 Å². The summed E-state index contributed by atoms with van der Waals surface area (Å²) in [5, 5.41) is 10.1. The number of allylic oxidation sites excluding steroid dienone is 2. The molecule has 1 atom stereocenters. The maximum atomic E-state index is 13.9. The predicted octanol–water partition coefficient (Wildman–Crippen LogP) is 4.03. The van der Waals surface area contributed by atoms with E-state index in [1.165, 1.54) is 15.9 Å². The molecule has 0 aliphatic carbocycles. The Bertz CT molecular complexity index is 1630. The quantitative estimate of drug-likeness (QED) is 0.320. The number of carbonyl (C=O) groups excluding carboxylic acids is 1. The molecule has 1 aliphatic heterocycles. The normalized spacial score (nSPS) is 15.1. The Morgan fingerprint density at radius 3 is 2.67 bits per heavy atom. The standard InChI is InChI=1S/C30H32N2O6S/c1-7-9-20-14-19(10-12-22(20)33)15-25-28(34)32-27(21-11-13-23(38-17(3)4)24(16-21)36-6)26(29(35)37-8-2)18(5)31-30(32)39-25/h7,10-17,27,33H,1,8-9H2,2-6H3/b25-15-/t27-/m0/s1. The molecule has 2 aromatic carbocycles. The van der Waals surface area contributed by atoms with Gasteiger partial charge in [0.25, 0.3) is 5.56 Å². The molecule has 39 heavy (non-hydrogen) atoms. The van der Waals surface area contributed by atoms with E-state index in [0.717, 1.165) is 5.56 Å². The number of phenols is 1. The van der Waals surface area contributed by atoms with Gasteiger partial charge in [-0.05, 0) is 81.1 Å². The van der Waals surface area contributed by atoms with Crippen LogP contribution in [0.3, 0.4) is 0 Å². The number of aromatic hydroxyl groups is 1. The summed E-state index contributed by atoms with van der Waals surface area (Å²) in [6.07, 6.45) is 3.90. The SMILES string of the molecule is C=CCc1cc(/C=c2\sc3n(c2=O)[C@@H](c2ccc(OC(C)C)c(OC)c2)C(C(=O)OCC)=C(C)N=3)ccc1O. The molecular formula is C30H32N2O6S. The molecule has 0 unspecified atom stereocenters. The monoisotopic (exact) mass is 548 g/mol. The van der Waals surface area contributed by atoms with Gasteiger partial charge in [-0.2, -0.15) is 0 Å². The summed E-state index contributed by atoms with van der Waals surface area (Å²) >= 11 is 1.23. The van der Waals surface area contributed by atoms with Gasteiger partial charge in [0.05, 0.1) is 41.7 Å². The minimum absolute atomic E-state index is 0.0634. The van der Waals surface area contributed by atoms with Crippen LogP contribution in [0.4, 0.5) is 0 Å². The highest BCUT2D eigenvalue weighted by molar-refractivity contribution is 7.07. The molecule has 1 N–H and O–H groups in total. The van der Waals surface area contributed by atoms with E-state index in [-0.39, 0.29) is 29.6 Å². The number of hydrogen-bond donors (Lipinski definition) is 1. The molecule has 0 saturated carbocycles. The third-order valence-electron chi connectivity index (χ3n) is 6.15. The molecule has 0 radical (unpaired) electrons. The fourth-order valence-electron chi connectivity index (χ4n) is 4.48. The lowest BCUT2D eigenvalue weighted by molar-refractivity contribution is -0.139. The number of methoxy groups -OCH3 is 1. The van der Waals surface area contributed by atoms with Gasteiger partial charge in [-0.25, -0.2) is 9.79 Å². The second kappa shape index (κ2) is 11.7. The van der Waals surface area contributed by atoms with Gasteiger partial charge in [-0.15, -0.1) is 6.58 Å². The molecule has 9 heteroatoms. The number of benzene rings is 2. The third kappa shape index (κ3) is 5.68. The molecule has 0 spiro atoms. The summed E-state index contributed by atoms with van der Waals surface area (Å²) in [5.41, 5.74) is 2.59. The van der Waals surface area contributed by atoms with Crippen LogP contribution in [-0.4, -0.2) is 35.5 Å². The predicted molar refractivity (Wildman–Crippen MR) is 151 cm³/mol. The van der Waals surface area contributed by atoms with Gasteiger partial charge in [0.2, 0.25) is 0 Å². The first-order valence-electron chi connectivity index (χ1n) is 12.7. The number of carbonyl (C=O) groups is 1. The average molecular weight is 549 g/mol. The van der Waals surface area contributed by atoms with Gasteiger partial charge in [0.1, 0.15) is 5.75 Å². The molecule has 1 aliphatic rings. The topological polar surface area (TPSA) is 99.4 Å². The van der Waals surface area contributed by atoms with Crippen molar-refractivity contribution in [3.05, 3.63) is 96.7 Å². The first-order chi connectivity index (χ1) is 18.7. The Kier molecular flexibility index (Phi) is 8.40. The van der Waals surface area contributed by atoms with Crippen molar-refractivity contribution in [2.75, 3.05) is 13.7 Å². The lowest BCUT2D eigenvalue weighted by Gasteiger charge is -2.25. The molecule has 8 nitrogen and oxygen atoms in total. The molecule has 0 amide bonds. The first kappa shape index (κ1) is 27.9. The summed E-state index contributed by atoms with van der Waals surface area (Å²) in [6, 6.07) is 9.76. The first-order valence-corrected chi connectivity index (χ1v) is 13.5. The zero-order valence-corrected chi connectivity index (χ0v) is 23.5. The number of thiazole rings is 1. The summed E-state index contributed by atoms with van der Waals surface area (Å²) in [6.45, 7) is 11.2. The van der Waals surface area contributed by atoms with Crippen molar-refractivity contribution < 1.29 is 24.1 Å². The molecule has 3 aromatic rings. The second-order valence-corrected chi connectivity index (χ2v) is 10.3. The molecule has 0 fully saturated rings. The molecule has 4 rings (SSSR count). The minimum Gasteiger partial charge on any atom is -0.508 e. The summed E-state index contributed by atoms with van der Waals surface area (Å²) in [7, 11) is 1.55. The van der Waals surface area contributed by atoms with Gasteiger partial charge >= 0.3 is 5.97 Å². The van der Waals surface area contributed by atoms with Crippen LogP contribution in [0.2, 0.25) is 0 Å². The zero-order chi connectivity index (χ0) is 28.3. The van der Waals surface area contributed by atoms with E-state index in [9.17, 15) is 14.7 Å². The highest BCUT2D eigenvalue weighted by atomic mass is 32.1. The van der Waals surface area contributed by atoms with E-state index in [1.807, 2.05) is 26.0 Å². The number of rotatable bonds is 9. The van der Waals surface area contributed by atoms with Crippen LogP contribution >= 0.6 is 11.3 Å². The van der Waals surface area contributed by atoms with Gasteiger partial charge in [-0.1, -0.05) is 29.5 Å². The van der Waals surface area contributed by atoms with Crippen LogP contribution in [0.1, 0.15) is 50.4 Å². The smallest absolute Gasteiger partial charge is 0.338 e. The Labute approximate surface area is 230 Å². The molecule has 0 bridgehead atoms. The van der Waals surface area contributed by atoms with E-state index in [1.54, 1.807) is 57.4 Å². The largest absolute Gasteiger partial charge is 0.508 e. The Balaban J connectivity index is 1.93. The number of nitrogens with zero attached hydrogens (tertiary/aromatic N) is 2. The number of aromatic nitrogens is 1. The van der Waals surface area contributed by atoms with Crippen molar-refractivity contribution in [1.29, 1.82) is 0 Å². The van der Waals surface area contributed by atoms with Gasteiger partial charge in [0, 0.05) is 0 Å². The number of esters is 1. The number of fused-ring (bicyclic) bond motifs is 1. The average Bonchev–Trinajstić information content (AvgIpc) is 3.19. The third-order valence-corrected chi connectivity index (χ3v) is 7.13. The molecule has 204 valence electrons. The van der Waals surface area contributed by atoms with Crippen LogP contribution in [0.5, 0.6) is 17.2 Å². The lowest BCUT2D eigenvalue weighted by Crippen LogP contribution is -2.40. The van der Waals surface area contributed by atoms with Gasteiger partial charge in [-0.3, -0.25) is 9.36 Å². The summed E-state index contributed by atoms with van der Waals surface area (Å²) in [4.78, 5) is 32.1. The Hall–Kier alpha value is -4.11. The second-order valence-electron chi connectivity index (χ2n) is 9.26. The van der Waals surface area contributed by atoms with Gasteiger partial charge in [0.15, 0.2) is 16.3 Å². The number of ether oxygens (including phenoxy) is 3. The fourth-order valence-corrected chi connectivity index (χ4v) is 5.52. The van der Waals surface area contributed by atoms with Crippen LogP contribution in [-0.2, 0) is 16.0 Å². The fraction of sp³-hybridized carbons (Fsp3) is 0.300. The van der Waals surface area contributed by atoms with Crippen LogP contribution in [0.15, 0.2) is 70.1 Å². The molecule has 0 saturated heterocycles. The van der Waals surface area contributed by atoms with Crippen molar-refractivity contribution >= 4 is 23.4 Å². The summed E-state index contributed by atoms with van der Waals surface area (Å²) in [5.74, 6) is 0.680. The Morgan fingerprint density at radius 2 is 2.00 bits per heavy atom. The van der Waals surface area contributed by atoms with Crippen LogP contribution in [0.25, 0.3) is 6.08 Å². The van der Waals surface area contributed by atoms with E-state index in [2.05, 4.69) is 11.6 Å². The van der Waals surface area contributed by atoms with Crippen LogP contribution < -0.4 is 24.4 Å². The maximum absolute atomic E-state index is 13.9. The minimum atomic E-state index is -0.777. The van der Waals surface area contributed by atoms with E-state index in [4.69, 9.17) is 14.2 Å². The highest BCUT2D eigenvalue weighted by Crippen LogP contribution is 2.36. The van der Waals surface area contributed by atoms with E-state index >= 15 is 0 Å². The molecule has 1 aromatic heterocycles.